The molecule has 5 rings (SSSR count). The van der Waals surface area contributed by atoms with Gasteiger partial charge in [-0.15, -0.1) is 0 Å². The van der Waals surface area contributed by atoms with Crippen molar-refractivity contribution in [1.82, 2.24) is 10.2 Å². The Kier molecular flexibility index (Phi) is 11.2. The van der Waals surface area contributed by atoms with Crippen molar-refractivity contribution in [3.05, 3.63) is 129 Å². The zero-order chi connectivity index (χ0) is 33.6. The molecule has 0 saturated heterocycles. The number of nitrogens with one attached hydrogen (secondary N) is 1. The van der Waals surface area contributed by atoms with Crippen molar-refractivity contribution in [1.29, 1.82) is 0 Å². The van der Waals surface area contributed by atoms with E-state index in [4.69, 9.17) is 0 Å². The van der Waals surface area contributed by atoms with Crippen LogP contribution in [-0.2, 0) is 32.6 Å². The number of carbonyl (C=O) groups excluding carboxylic acids is 2. The van der Waals surface area contributed by atoms with Crippen LogP contribution >= 0.6 is 15.9 Å². The summed E-state index contributed by atoms with van der Waals surface area (Å²) in [6, 6.07) is 28.5. The topological polar surface area (TPSA) is 86.8 Å². The number of nitrogens with zero attached hydrogens (tertiary/aromatic N) is 2. The smallest absolute Gasteiger partial charge is 0.264 e. The predicted molar refractivity (Wildman–Crippen MR) is 191 cm³/mol. The number of sulfonamides is 1. The van der Waals surface area contributed by atoms with Gasteiger partial charge in [0, 0.05) is 23.5 Å². The average Bonchev–Trinajstić information content (AvgIpc) is 3.56. The molecule has 9 heteroatoms. The molecular weight excluding hydrogens is 674 g/mol. The summed E-state index contributed by atoms with van der Waals surface area (Å²) in [5.74, 6) is -0.701. The van der Waals surface area contributed by atoms with Crippen molar-refractivity contribution < 1.29 is 18.0 Å². The molecule has 1 atom stereocenters. The Bertz CT molecular complexity index is 1810. The third-order valence-electron chi connectivity index (χ3n) is 8.95. The Morgan fingerprint density at radius 1 is 0.851 bits per heavy atom. The van der Waals surface area contributed by atoms with E-state index in [9.17, 15) is 18.0 Å². The second kappa shape index (κ2) is 15.3. The normalized spacial score (nSPS) is 14.0. The van der Waals surface area contributed by atoms with Crippen LogP contribution in [0.4, 0.5) is 5.69 Å². The van der Waals surface area contributed by atoms with Gasteiger partial charge in [-0.05, 0) is 86.2 Å². The SMILES string of the molecule is Cc1ccc(S(=O)(=O)N(CC(=O)N(Cc2cccc(Br)c2)C(Cc2ccccc2)C(=O)NC2CCCC2)c2cccc(C)c2C)cc1. The van der Waals surface area contributed by atoms with Crippen molar-refractivity contribution in [2.75, 3.05) is 10.8 Å². The Labute approximate surface area is 287 Å². The van der Waals surface area contributed by atoms with Crippen LogP contribution in [0.25, 0.3) is 0 Å². The van der Waals surface area contributed by atoms with Gasteiger partial charge in [0.15, 0.2) is 0 Å². The molecule has 47 heavy (non-hydrogen) atoms. The molecule has 0 heterocycles. The number of hydrogen-bond donors (Lipinski definition) is 1. The molecule has 246 valence electrons. The van der Waals surface area contributed by atoms with E-state index in [2.05, 4.69) is 21.2 Å². The van der Waals surface area contributed by atoms with E-state index in [0.717, 1.165) is 58.0 Å². The summed E-state index contributed by atoms with van der Waals surface area (Å²) in [5, 5.41) is 3.22. The second-order valence-corrected chi connectivity index (χ2v) is 15.2. The summed E-state index contributed by atoms with van der Waals surface area (Å²) in [6.07, 6.45) is 4.19. The largest absolute Gasteiger partial charge is 0.352 e. The summed E-state index contributed by atoms with van der Waals surface area (Å²) in [7, 11) is -4.16. The highest BCUT2D eigenvalue weighted by Gasteiger charge is 2.36. The molecule has 1 saturated carbocycles. The van der Waals surface area contributed by atoms with Crippen molar-refractivity contribution in [2.24, 2.45) is 0 Å². The average molecular weight is 717 g/mol. The number of amides is 2. The molecule has 1 aliphatic rings. The number of hydrogen-bond acceptors (Lipinski definition) is 4. The van der Waals surface area contributed by atoms with Crippen LogP contribution in [-0.4, -0.2) is 43.8 Å². The number of halogens is 1. The number of benzene rings is 4. The van der Waals surface area contributed by atoms with Gasteiger partial charge in [-0.25, -0.2) is 8.42 Å². The highest BCUT2D eigenvalue weighted by atomic mass is 79.9. The summed E-state index contributed by atoms with van der Waals surface area (Å²) in [6.45, 7) is 5.32. The van der Waals surface area contributed by atoms with E-state index in [1.165, 1.54) is 4.31 Å². The van der Waals surface area contributed by atoms with E-state index < -0.39 is 28.5 Å². The molecule has 4 aromatic rings. The molecule has 1 fully saturated rings. The molecule has 1 aliphatic carbocycles. The fourth-order valence-electron chi connectivity index (χ4n) is 6.11. The fraction of sp³-hybridized carbons (Fsp3) is 0.316. The highest BCUT2D eigenvalue weighted by Crippen LogP contribution is 2.30. The molecule has 0 aromatic heterocycles. The Morgan fingerprint density at radius 2 is 1.51 bits per heavy atom. The maximum absolute atomic E-state index is 14.7. The van der Waals surface area contributed by atoms with Gasteiger partial charge in [0.1, 0.15) is 12.6 Å². The minimum Gasteiger partial charge on any atom is -0.352 e. The maximum atomic E-state index is 14.7. The summed E-state index contributed by atoms with van der Waals surface area (Å²) < 4.78 is 30.8. The first-order chi connectivity index (χ1) is 22.5. The van der Waals surface area contributed by atoms with Gasteiger partial charge < -0.3 is 10.2 Å². The van der Waals surface area contributed by atoms with Crippen LogP contribution in [0.5, 0.6) is 0 Å². The fourth-order valence-corrected chi connectivity index (χ4v) is 8.03. The maximum Gasteiger partial charge on any atom is 0.264 e. The number of anilines is 1. The quantitative estimate of drug-likeness (QED) is 0.167. The summed E-state index contributed by atoms with van der Waals surface area (Å²) in [5.41, 5.74) is 4.74. The molecule has 0 bridgehead atoms. The molecule has 0 spiro atoms. The lowest BCUT2D eigenvalue weighted by Gasteiger charge is -2.35. The van der Waals surface area contributed by atoms with Gasteiger partial charge in [0.2, 0.25) is 11.8 Å². The van der Waals surface area contributed by atoms with Crippen LogP contribution < -0.4 is 9.62 Å². The van der Waals surface area contributed by atoms with E-state index in [1.54, 1.807) is 41.3 Å². The number of carbonyl (C=O) groups is 2. The van der Waals surface area contributed by atoms with Gasteiger partial charge in [0.25, 0.3) is 10.0 Å². The first-order valence-corrected chi connectivity index (χ1v) is 18.3. The van der Waals surface area contributed by atoms with Crippen molar-refractivity contribution in [3.63, 3.8) is 0 Å². The molecule has 4 aromatic carbocycles. The van der Waals surface area contributed by atoms with E-state index in [1.807, 2.05) is 81.4 Å². The third-order valence-corrected chi connectivity index (χ3v) is 11.2. The zero-order valence-corrected chi connectivity index (χ0v) is 29.6. The van der Waals surface area contributed by atoms with Crippen molar-refractivity contribution in [2.45, 2.75) is 76.4 Å². The third kappa shape index (κ3) is 8.51. The van der Waals surface area contributed by atoms with Crippen LogP contribution in [0.15, 0.2) is 106 Å². The Hall–Kier alpha value is -3.95. The van der Waals surface area contributed by atoms with Gasteiger partial charge in [-0.3, -0.25) is 13.9 Å². The minimum atomic E-state index is -4.16. The standard InChI is InChI=1S/C38H42BrN3O4S/c1-27-19-21-34(22-20-27)47(45,46)42(35-18-9-11-28(2)29(35)3)26-37(43)41(25-31-14-10-15-32(39)23-31)36(24-30-12-5-4-6-13-30)38(44)40-33-16-7-8-17-33/h4-6,9-15,18-23,33,36H,7-8,16-17,24-26H2,1-3H3,(H,40,44). The van der Waals surface area contributed by atoms with Crippen molar-refractivity contribution in [3.8, 4) is 0 Å². The molecule has 1 unspecified atom stereocenters. The molecule has 1 N–H and O–H groups in total. The van der Waals surface area contributed by atoms with Crippen LogP contribution in [0.3, 0.4) is 0 Å². The molecule has 7 nitrogen and oxygen atoms in total. The summed E-state index contributed by atoms with van der Waals surface area (Å²) in [4.78, 5) is 30.6. The monoisotopic (exact) mass is 715 g/mol. The van der Waals surface area contributed by atoms with Crippen LogP contribution in [0, 0.1) is 20.8 Å². The van der Waals surface area contributed by atoms with Gasteiger partial charge >= 0.3 is 0 Å². The molecular formula is C38H42BrN3O4S. The van der Waals surface area contributed by atoms with E-state index >= 15 is 0 Å². The van der Waals surface area contributed by atoms with Crippen LogP contribution in [0.1, 0.15) is 53.5 Å². The van der Waals surface area contributed by atoms with E-state index in [0.29, 0.717) is 5.69 Å². The first kappa shape index (κ1) is 34.4. The minimum absolute atomic E-state index is 0.0527. The lowest BCUT2D eigenvalue weighted by Crippen LogP contribution is -2.54. The first-order valence-electron chi connectivity index (χ1n) is 16.1. The molecule has 0 radical (unpaired) electrons. The second-order valence-electron chi connectivity index (χ2n) is 12.4. The van der Waals surface area contributed by atoms with Gasteiger partial charge in [0.05, 0.1) is 10.6 Å². The summed E-state index contributed by atoms with van der Waals surface area (Å²) >= 11 is 3.54. The number of rotatable bonds is 12. The zero-order valence-electron chi connectivity index (χ0n) is 27.2. The molecule has 2 amide bonds. The Balaban J connectivity index is 1.59. The van der Waals surface area contributed by atoms with Crippen molar-refractivity contribution >= 4 is 43.5 Å². The van der Waals surface area contributed by atoms with Gasteiger partial charge in [-0.2, -0.15) is 0 Å². The lowest BCUT2D eigenvalue weighted by molar-refractivity contribution is -0.140. The van der Waals surface area contributed by atoms with Crippen LogP contribution in [0.2, 0.25) is 0 Å². The van der Waals surface area contributed by atoms with E-state index in [-0.39, 0.29) is 29.8 Å². The highest BCUT2D eigenvalue weighted by molar-refractivity contribution is 9.10. The predicted octanol–water partition coefficient (Wildman–Crippen LogP) is 7.27. The van der Waals surface area contributed by atoms with Gasteiger partial charge in [-0.1, -0.05) is 101 Å². The Morgan fingerprint density at radius 3 is 2.19 bits per heavy atom. The lowest BCUT2D eigenvalue weighted by atomic mass is 10.0. The number of aryl methyl sites for hydroxylation is 2. The molecule has 0 aliphatic heterocycles.